The van der Waals surface area contributed by atoms with Gasteiger partial charge in [-0.2, -0.15) is 0 Å². The molecule has 126 heavy (non-hydrogen) atoms. The summed E-state index contributed by atoms with van der Waals surface area (Å²) in [5, 5.41) is 0. The van der Waals surface area contributed by atoms with Crippen LogP contribution in [-0.2, 0) is 57.2 Å². The average molecular weight is 1770 g/mol. The SMILES string of the molecule is CC.CC.CC.CC.CC.CC.CCC(C)(C)C(=O)OC(C)(C)C1CC2CCC1C2.CCC(C)(C)C(=O)OC1(C)C2CC3C4CC5CC3C1C(C5)C4C2.CCC(C)(C)C(=O)OC1(C)CC2CC1C1C3CCC(C3)C21.CCC(C)(C)C(=O)OC1(C)CCC23CC1C(C)(C)C2CCC3C.CCC(C)(C)C(=O)OC1(C)CCCC1.CCC(C)(C)C(=O)OC1(C)CCCCC1. The highest BCUT2D eigenvalue weighted by molar-refractivity contribution is 5.79. The van der Waals surface area contributed by atoms with Gasteiger partial charge < -0.3 is 28.4 Å². The second kappa shape index (κ2) is 45.0. The molecule has 12 heteroatoms. The highest BCUT2D eigenvalue weighted by atomic mass is 16.6. The fourth-order valence-corrected chi connectivity index (χ4v) is 28.2. The van der Waals surface area contributed by atoms with E-state index < -0.39 is 0 Å². The van der Waals surface area contributed by atoms with E-state index in [1.165, 1.54) is 141 Å². The van der Waals surface area contributed by atoms with Crippen molar-refractivity contribution in [3.05, 3.63) is 0 Å². The molecule has 0 heterocycles. The number of hydrogen-bond donors (Lipinski definition) is 0. The Labute approximate surface area is 779 Å². The van der Waals surface area contributed by atoms with Crippen molar-refractivity contribution in [1.29, 1.82) is 0 Å². The fraction of sp³-hybridized carbons (Fsp3) is 0.947. The van der Waals surface area contributed by atoms with Crippen LogP contribution in [0.4, 0.5) is 0 Å². The van der Waals surface area contributed by atoms with Crippen molar-refractivity contribution in [2.45, 2.75) is 529 Å². The monoisotopic (exact) mass is 1770 g/mol. The van der Waals surface area contributed by atoms with Crippen molar-refractivity contribution in [3.8, 4) is 0 Å². The van der Waals surface area contributed by atoms with Crippen LogP contribution in [0.5, 0.6) is 0 Å². The van der Waals surface area contributed by atoms with Gasteiger partial charge in [0.2, 0.25) is 0 Å². The fourth-order valence-electron chi connectivity index (χ4n) is 28.2. The summed E-state index contributed by atoms with van der Waals surface area (Å²) in [4.78, 5) is 74.2. The van der Waals surface area contributed by atoms with Crippen LogP contribution in [0.1, 0.15) is 495 Å². The van der Waals surface area contributed by atoms with Gasteiger partial charge in [0.1, 0.15) is 33.6 Å². The van der Waals surface area contributed by atoms with Crippen LogP contribution in [0.15, 0.2) is 0 Å². The van der Waals surface area contributed by atoms with E-state index in [1.807, 2.05) is 187 Å². The van der Waals surface area contributed by atoms with Crippen molar-refractivity contribution < 1.29 is 57.2 Å². The van der Waals surface area contributed by atoms with Gasteiger partial charge in [-0.1, -0.05) is 158 Å². The lowest BCUT2D eigenvalue weighted by Crippen LogP contribution is -2.72. The Morgan fingerprint density at radius 1 is 0.325 bits per heavy atom. The summed E-state index contributed by atoms with van der Waals surface area (Å²) >= 11 is 0. The molecule has 1 spiro atoms. The van der Waals surface area contributed by atoms with Crippen molar-refractivity contribution >= 4 is 35.8 Å². The molecule has 0 amide bonds. The standard InChI is InChI=1S/C21H32O2.C21H36O2.C19H30O2.C16H28O2.C13H24O2.C12H22O2.6C2H6/c1-5-20(2,3)19(22)23-21(4)12-9-14-13-6-11-7-16(14)18(21)17(8-11)15(13)10-12;1-8-18(3,4)17(22)23-20(7)11-12-21-13-16(20)19(5,6)15(21)10-9-14(21)2;1-5-18(2,3)17(20)21-19(4)10-13-9-14(19)16-12-7-6-11(8-12)15(13)16;1-6-15(2,3)14(17)18-16(4,5)13-10-11-7-8-12(13)9-11;1-5-12(2,3)11(14)15-13(4)9-7-6-8-10-13;1-5-11(2,3)10(13)14-12(4)8-6-7-9-12;6*1-2/h11-18H,5-10H2,1-4H3;14-16H,8-13H2,1-7H3;11-16H,5-10H2,1-4H3;11-13H,6-10H2,1-5H3;5-10H2,1-4H3;5-9H2,1-4H3;6*1-2H3. The maximum absolute atomic E-state index is 12.9. The highest BCUT2D eigenvalue weighted by Gasteiger charge is 2.73. The van der Waals surface area contributed by atoms with Gasteiger partial charge in [-0.15, -0.1) is 0 Å². The van der Waals surface area contributed by atoms with Crippen LogP contribution in [0.3, 0.4) is 0 Å². The third-order valence-electron chi connectivity index (χ3n) is 38.2. The Bertz CT molecular complexity index is 3380. The molecule has 20 atom stereocenters. The van der Waals surface area contributed by atoms with E-state index in [-0.39, 0.29) is 107 Å². The van der Waals surface area contributed by atoms with E-state index in [4.69, 9.17) is 28.4 Å². The second-order valence-corrected chi connectivity index (χ2v) is 48.3. The van der Waals surface area contributed by atoms with E-state index in [2.05, 4.69) is 90.0 Å². The molecule has 0 radical (unpaired) electrons. The van der Waals surface area contributed by atoms with Gasteiger partial charge >= 0.3 is 35.8 Å². The summed E-state index contributed by atoms with van der Waals surface area (Å²) in [7, 11) is 0. The predicted octanol–water partition coefficient (Wildman–Crippen LogP) is 32.0. The first-order chi connectivity index (χ1) is 58.7. The lowest BCUT2D eigenvalue weighted by Gasteiger charge is -2.74. The quantitative estimate of drug-likeness (QED) is 0.0686. The maximum atomic E-state index is 12.9. The number of ether oxygens (including phenoxy) is 6. The number of carbonyl (C=O) groups excluding carboxylic acids is 6. The van der Waals surface area contributed by atoms with Crippen molar-refractivity contribution in [1.82, 2.24) is 0 Å². The first kappa shape index (κ1) is 113. The number of rotatable bonds is 19. The number of esters is 6. The smallest absolute Gasteiger partial charge is 0.312 e. The van der Waals surface area contributed by atoms with Gasteiger partial charge in [0.15, 0.2) is 0 Å². The zero-order valence-corrected chi connectivity index (χ0v) is 90.5. The molecule has 12 nitrogen and oxygen atoms in total. The second-order valence-electron chi connectivity index (χ2n) is 48.3. The maximum Gasteiger partial charge on any atom is 0.312 e. The molecule has 0 aromatic rings. The Hall–Kier alpha value is -3.18. The lowest BCUT2D eigenvalue weighted by atomic mass is 9.33. The Kier molecular flexibility index (Phi) is 40.5. The van der Waals surface area contributed by atoms with Crippen LogP contribution in [0.25, 0.3) is 0 Å². The molecule has 16 bridgehead atoms. The van der Waals surface area contributed by atoms with Crippen molar-refractivity contribution in [2.75, 3.05) is 0 Å². The molecule has 18 fully saturated rings. The minimum atomic E-state index is -0.371. The number of fused-ring (bicyclic) bond motifs is 12. The molecule has 18 saturated carbocycles. The summed E-state index contributed by atoms with van der Waals surface area (Å²) < 4.78 is 36.0. The van der Waals surface area contributed by atoms with E-state index in [0.29, 0.717) is 35.0 Å². The minimum absolute atomic E-state index is 0.000595. The van der Waals surface area contributed by atoms with E-state index in [1.54, 1.807) is 0 Å². The van der Waals surface area contributed by atoms with Gasteiger partial charge in [-0.3, -0.25) is 28.8 Å². The van der Waals surface area contributed by atoms with Gasteiger partial charge in [-0.05, 0) is 443 Å². The molecule has 0 aliphatic heterocycles. The molecule has 0 N–H and O–H groups in total. The van der Waals surface area contributed by atoms with Crippen LogP contribution in [-0.4, -0.2) is 69.4 Å². The largest absolute Gasteiger partial charge is 0.459 e. The molecule has 18 aliphatic carbocycles. The van der Waals surface area contributed by atoms with Gasteiger partial charge in [0, 0.05) is 23.7 Å². The Balaban J connectivity index is 0.000000264. The van der Waals surface area contributed by atoms with Crippen LogP contribution in [0, 0.1) is 162 Å². The summed E-state index contributed by atoms with van der Waals surface area (Å²) in [5.74, 6) is 16.8. The molecule has 20 unspecified atom stereocenters. The molecular weight excluding hydrogens is 1560 g/mol. The molecule has 0 aromatic heterocycles. The average Bonchev–Trinajstić information content (AvgIpc) is 1.11. The van der Waals surface area contributed by atoms with Gasteiger partial charge in [-0.25, -0.2) is 0 Å². The molecule has 18 aliphatic rings. The topological polar surface area (TPSA) is 158 Å². The van der Waals surface area contributed by atoms with Gasteiger partial charge in [0.25, 0.3) is 0 Å². The Morgan fingerprint density at radius 3 is 1.13 bits per heavy atom. The zero-order chi connectivity index (χ0) is 96.3. The molecule has 736 valence electrons. The van der Waals surface area contributed by atoms with Crippen LogP contribution < -0.4 is 0 Å². The highest BCUT2D eigenvalue weighted by Crippen LogP contribution is 2.76. The molecule has 0 aromatic carbocycles. The van der Waals surface area contributed by atoms with Crippen molar-refractivity contribution in [2.24, 2.45) is 162 Å². The number of carbonyl (C=O) groups is 6. The van der Waals surface area contributed by atoms with Crippen LogP contribution in [0.2, 0.25) is 0 Å². The van der Waals surface area contributed by atoms with Crippen LogP contribution >= 0.6 is 0 Å². The van der Waals surface area contributed by atoms with E-state index in [0.717, 1.165) is 166 Å². The first-order valence-corrected chi connectivity index (χ1v) is 54.2. The lowest BCUT2D eigenvalue weighted by molar-refractivity contribution is -0.291. The normalized spacial score (nSPS) is 36.4. The molecule has 18 rings (SSSR count). The van der Waals surface area contributed by atoms with E-state index >= 15 is 0 Å². The molecular formula is C114H208O12. The van der Waals surface area contributed by atoms with E-state index in [9.17, 15) is 28.8 Å². The summed E-state index contributed by atoms with van der Waals surface area (Å²) in [6, 6.07) is 0. The minimum Gasteiger partial charge on any atom is -0.459 e. The van der Waals surface area contributed by atoms with Crippen molar-refractivity contribution in [3.63, 3.8) is 0 Å². The number of hydrogen-bond acceptors (Lipinski definition) is 12. The summed E-state index contributed by atoms with van der Waals surface area (Å²) in [6.45, 7) is 82.8. The summed E-state index contributed by atoms with van der Waals surface area (Å²) in [5.41, 5.74) is -2.51. The first-order valence-electron chi connectivity index (χ1n) is 54.2. The molecule has 0 saturated heterocycles. The predicted molar refractivity (Wildman–Crippen MR) is 526 cm³/mol. The summed E-state index contributed by atoms with van der Waals surface area (Å²) in [6.07, 6.45) is 40.8. The Morgan fingerprint density at radius 2 is 0.706 bits per heavy atom. The van der Waals surface area contributed by atoms with Gasteiger partial charge in [0.05, 0.1) is 32.5 Å². The third-order valence-corrected chi connectivity index (χ3v) is 38.2. The third kappa shape index (κ3) is 23.8. The zero-order valence-electron chi connectivity index (χ0n) is 90.5.